The Morgan fingerprint density at radius 3 is 2.36 bits per heavy atom. The molecule has 2 aliphatic rings. The molecule has 4 rings (SSSR count). The number of thiophene rings is 1. The number of anilines is 2. The van der Waals surface area contributed by atoms with E-state index in [0.717, 1.165) is 31.5 Å². The molecule has 1 atom stereocenters. The molecule has 1 aliphatic heterocycles. The van der Waals surface area contributed by atoms with E-state index in [2.05, 4.69) is 78.6 Å². The maximum absolute atomic E-state index is 2.67. The minimum Gasteiger partial charge on any atom is -0.367 e. The van der Waals surface area contributed by atoms with Crippen molar-refractivity contribution in [2.75, 3.05) is 29.4 Å². The topological polar surface area (TPSA) is 6.48 Å². The van der Waals surface area contributed by atoms with Gasteiger partial charge in [-0.3, -0.25) is 0 Å². The highest BCUT2D eigenvalue weighted by Gasteiger charge is 2.32. The number of rotatable bonds is 3. The molecule has 0 N–H and O–H groups in total. The van der Waals surface area contributed by atoms with Crippen LogP contribution in [0.2, 0.25) is 0 Å². The number of hydrogen-bond acceptors (Lipinski definition) is 3. The van der Waals surface area contributed by atoms with Crippen LogP contribution in [0.5, 0.6) is 0 Å². The zero-order valence-electron chi connectivity index (χ0n) is 18.0. The van der Waals surface area contributed by atoms with Crippen molar-refractivity contribution in [3.63, 3.8) is 0 Å². The van der Waals surface area contributed by atoms with Crippen LogP contribution in [0.25, 0.3) is 0 Å². The molecule has 1 saturated carbocycles. The fourth-order valence-corrected chi connectivity index (χ4v) is 6.02. The molecule has 0 radical (unpaired) electrons. The molecule has 2 heterocycles. The molecule has 0 bridgehead atoms. The first kappa shape index (κ1) is 19.8. The summed E-state index contributed by atoms with van der Waals surface area (Å²) in [6.45, 7) is 13.0. The van der Waals surface area contributed by atoms with E-state index in [1.807, 2.05) is 0 Å². The Labute approximate surface area is 175 Å². The van der Waals surface area contributed by atoms with Gasteiger partial charge in [-0.2, -0.15) is 11.3 Å². The van der Waals surface area contributed by atoms with Crippen molar-refractivity contribution >= 4 is 22.7 Å². The fourth-order valence-electron chi connectivity index (χ4n) is 5.35. The van der Waals surface area contributed by atoms with Crippen LogP contribution in [-0.4, -0.2) is 25.7 Å². The molecule has 28 heavy (non-hydrogen) atoms. The maximum Gasteiger partial charge on any atom is 0.0476 e. The van der Waals surface area contributed by atoms with Crippen LogP contribution in [0.1, 0.15) is 64.9 Å². The van der Waals surface area contributed by atoms with Crippen molar-refractivity contribution in [3.8, 4) is 0 Å². The summed E-state index contributed by atoms with van der Waals surface area (Å²) in [5.74, 6) is 1.61. The second kappa shape index (κ2) is 8.10. The molecule has 1 aromatic heterocycles. The van der Waals surface area contributed by atoms with Gasteiger partial charge in [-0.1, -0.05) is 39.0 Å². The molecule has 0 amide bonds. The maximum atomic E-state index is 2.67. The van der Waals surface area contributed by atoms with Gasteiger partial charge in [0.1, 0.15) is 0 Å². The number of nitrogens with zero attached hydrogens (tertiary/aromatic N) is 2. The van der Waals surface area contributed by atoms with E-state index in [1.165, 1.54) is 37.1 Å². The summed E-state index contributed by atoms with van der Waals surface area (Å²) in [5.41, 5.74) is 4.95. The van der Waals surface area contributed by atoms with E-state index in [-0.39, 0.29) is 0 Å². The molecule has 3 heteroatoms. The third kappa shape index (κ3) is 4.10. The Morgan fingerprint density at radius 1 is 0.964 bits per heavy atom. The second-order valence-electron chi connectivity index (χ2n) is 9.94. The summed E-state index contributed by atoms with van der Waals surface area (Å²) < 4.78 is 0. The van der Waals surface area contributed by atoms with Crippen molar-refractivity contribution in [2.24, 2.45) is 11.3 Å². The van der Waals surface area contributed by atoms with E-state index in [9.17, 15) is 0 Å². The van der Waals surface area contributed by atoms with Gasteiger partial charge in [-0.05, 0) is 72.9 Å². The zero-order chi connectivity index (χ0) is 19.7. The summed E-state index contributed by atoms with van der Waals surface area (Å²) in [6.07, 6.45) is 5.46. The highest BCUT2D eigenvalue weighted by Crippen LogP contribution is 2.45. The lowest BCUT2D eigenvalue weighted by molar-refractivity contribution is 0.169. The van der Waals surface area contributed by atoms with Crippen LogP contribution in [0.4, 0.5) is 11.4 Å². The number of para-hydroxylation sites is 1. The smallest absolute Gasteiger partial charge is 0.0476 e. The van der Waals surface area contributed by atoms with Gasteiger partial charge in [0, 0.05) is 42.4 Å². The lowest BCUT2D eigenvalue weighted by Gasteiger charge is -2.44. The van der Waals surface area contributed by atoms with Crippen molar-refractivity contribution in [1.29, 1.82) is 0 Å². The SMILES string of the molecule is CC1CN(c2ccsc2)CCN1c1ccccc1C1CCC(C(C)(C)C)CC1. The van der Waals surface area contributed by atoms with E-state index < -0.39 is 0 Å². The zero-order valence-corrected chi connectivity index (χ0v) is 18.8. The summed E-state index contributed by atoms with van der Waals surface area (Å²) in [4.78, 5) is 5.23. The average Bonchev–Trinajstić information content (AvgIpc) is 3.22. The molecule has 2 fully saturated rings. The Balaban J connectivity index is 1.48. The molecule has 2 nitrogen and oxygen atoms in total. The molecular weight excluding hydrogens is 360 g/mol. The Bertz CT molecular complexity index is 753. The summed E-state index contributed by atoms with van der Waals surface area (Å²) in [5, 5.41) is 4.47. The number of piperazine rings is 1. The van der Waals surface area contributed by atoms with Crippen molar-refractivity contribution in [2.45, 2.75) is 65.3 Å². The van der Waals surface area contributed by atoms with Gasteiger partial charge >= 0.3 is 0 Å². The van der Waals surface area contributed by atoms with Crippen LogP contribution in [0, 0.1) is 11.3 Å². The van der Waals surface area contributed by atoms with E-state index >= 15 is 0 Å². The summed E-state index contributed by atoms with van der Waals surface area (Å²) in [7, 11) is 0. The Kier molecular flexibility index (Phi) is 5.73. The molecular formula is C25H36N2S. The second-order valence-corrected chi connectivity index (χ2v) is 10.7. The van der Waals surface area contributed by atoms with Crippen LogP contribution >= 0.6 is 11.3 Å². The van der Waals surface area contributed by atoms with Gasteiger partial charge in [0.15, 0.2) is 0 Å². The van der Waals surface area contributed by atoms with E-state index in [4.69, 9.17) is 0 Å². The molecule has 152 valence electrons. The van der Waals surface area contributed by atoms with E-state index in [0.29, 0.717) is 11.5 Å². The van der Waals surface area contributed by atoms with Crippen molar-refractivity contribution in [3.05, 3.63) is 46.7 Å². The van der Waals surface area contributed by atoms with Gasteiger partial charge < -0.3 is 9.80 Å². The average molecular weight is 397 g/mol. The van der Waals surface area contributed by atoms with Crippen LogP contribution in [0.15, 0.2) is 41.1 Å². The third-order valence-corrected chi connectivity index (χ3v) is 7.81. The molecule has 2 aromatic rings. The van der Waals surface area contributed by atoms with Gasteiger partial charge in [0.25, 0.3) is 0 Å². The first-order chi connectivity index (χ1) is 13.4. The predicted octanol–water partition coefficient (Wildman–Crippen LogP) is 6.78. The third-order valence-electron chi connectivity index (χ3n) is 7.14. The Morgan fingerprint density at radius 2 is 1.71 bits per heavy atom. The summed E-state index contributed by atoms with van der Waals surface area (Å²) >= 11 is 1.80. The first-order valence-electron chi connectivity index (χ1n) is 11.1. The van der Waals surface area contributed by atoms with Gasteiger partial charge in [0.2, 0.25) is 0 Å². The van der Waals surface area contributed by atoms with E-state index in [1.54, 1.807) is 16.9 Å². The van der Waals surface area contributed by atoms with Gasteiger partial charge in [-0.15, -0.1) is 0 Å². The van der Waals surface area contributed by atoms with Crippen LogP contribution < -0.4 is 9.80 Å². The molecule has 1 aliphatic carbocycles. The van der Waals surface area contributed by atoms with Crippen molar-refractivity contribution < 1.29 is 0 Å². The number of hydrogen-bond donors (Lipinski definition) is 0. The monoisotopic (exact) mass is 396 g/mol. The quantitative estimate of drug-likeness (QED) is 0.564. The highest BCUT2D eigenvalue weighted by atomic mass is 32.1. The predicted molar refractivity (Wildman–Crippen MR) is 124 cm³/mol. The molecule has 1 aromatic carbocycles. The lowest BCUT2D eigenvalue weighted by Crippen LogP contribution is -2.52. The van der Waals surface area contributed by atoms with Crippen LogP contribution in [-0.2, 0) is 0 Å². The Hall–Kier alpha value is -1.48. The summed E-state index contributed by atoms with van der Waals surface area (Å²) in [6, 6.07) is 12.1. The van der Waals surface area contributed by atoms with Crippen LogP contribution in [0.3, 0.4) is 0 Å². The minimum atomic E-state index is 0.455. The standard InChI is InChI=1S/C25H36N2S/c1-19-17-26(22-13-16-28-18-22)14-15-27(19)24-8-6-5-7-23(24)20-9-11-21(12-10-20)25(2,3)4/h5-8,13,16,18-21H,9-12,14-15,17H2,1-4H3. The normalized spacial score (nSPS) is 26.5. The highest BCUT2D eigenvalue weighted by molar-refractivity contribution is 7.08. The van der Waals surface area contributed by atoms with Gasteiger partial charge in [0.05, 0.1) is 0 Å². The minimum absolute atomic E-state index is 0.455. The molecule has 1 saturated heterocycles. The number of benzene rings is 1. The molecule has 0 spiro atoms. The van der Waals surface area contributed by atoms with Crippen molar-refractivity contribution in [1.82, 2.24) is 0 Å². The largest absolute Gasteiger partial charge is 0.367 e. The fraction of sp³-hybridized carbons (Fsp3) is 0.600. The van der Waals surface area contributed by atoms with Gasteiger partial charge in [-0.25, -0.2) is 0 Å². The first-order valence-corrected chi connectivity index (χ1v) is 12.0. The molecule has 1 unspecified atom stereocenters. The lowest BCUT2D eigenvalue weighted by atomic mass is 9.68.